The fourth-order valence-electron chi connectivity index (χ4n) is 4.11. The van der Waals surface area contributed by atoms with Gasteiger partial charge in [-0.1, -0.05) is 12.1 Å². The van der Waals surface area contributed by atoms with Crippen LogP contribution in [0.5, 0.6) is 0 Å². The molecule has 5 heteroatoms. The van der Waals surface area contributed by atoms with Gasteiger partial charge in [0.15, 0.2) is 0 Å². The van der Waals surface area contributed by atoms with Crippen molar-refractivity contribution in [1.82, 2.24) is 5.32 Å². The van der Waals surface area contributed by atoms with E-state index in [0.29, 0.717) is 19.3 Å². The second-order valence-corrected chi connectivity index (χ2v) is 7.50. The summed E-state index contributed by atoms with van der Waals surface area (Å²) in [5.41, 5.74) is 0.693. The molecule has 0 heterocycles. The maximum absolute atomic E-state index is 13.4. The largest absolute Gasteiger partial charge is 0.469 e. The average molecular weight is 347 g/mol. The van der Waals surface area contributed by atoms with Crippen LogP contribution in [0, 0.1) is 17.7 Å². The summed E-state index contributed by atoms with van der Waals surface area (Å²) >= 11 is 0. The van der Waals surface area contributed by atoms with Gasteiger partial charge >= 0.3 is 5.97 Å². The molecule has 0 saturated heterocycles. The smallest absolute Gasteiger partial charge is 0.308 e. The zero-order valence-electron chi connectivity index (χ0n) is 14.7. The van der Waals surface area contributed by atoms with Crippen molar-refractivity contribution in [2.45, 2.75) is 56.9 Å². The van der Waals surface area contributed by atoms with Crippen LogP contribution in [0.3, 0.4) is 0 Å². The Bertz CT molecular complexity index is 634. The van der Waals surface area contributed by atoms with Crippen LogP contribution in [0.1, 0.15) is 50.5 Å². The van der Waals surface area contributed by atoms with Gasteiger partial charge in [0.2, 0.25) is 5.91 Å². The number of esters is 1. The van der Waals surface area contributed by atoms with Gasteiger partial charge in [-0.25, -0.2) is 4.39 Å². The van der Waals surface area contributed by atoms with Crippen LogP contribution in [-0.4, -0.2) is 24.5 Å². The van der Waals surface area contributed by atoms with Crippen molar-refractivity contribution in [2.75, 3.05) is 7.11 Å². The third-order valence-electron chi connectivity index (χ3n) is 5.76. The molecule has 1 aromatic carbocycles. The molecule has 2 saturated carbocycles. The molecule has 0 unspecified atom stereocenters. The number of hydrogen-bond acceptors (Lipinski definition) is 3. The van der Waals surface area contributed by atoms with Crippen LogP contribution in [-0.2, 0) is 20.7 Å². The van der Waals surface area contributed by atoms with Crippen LogP contribution >= 0.6 is 0 Å². The minimum Gasteiger partial charge on any atom is -0.469 e. The van der Waals surface area contributed by atoms with Crippen LogP contribution in [0.25, 0.3) is 0 Å². The molecule has 1 N–H and O–H groups in total. The Balaban J connectivity index is 1.57. The number of benzene rings is 1. The number of methoxy groups -OCH3 is 1. The Morgan fingerprint density at radius 1 is 1.20 bits per heavy atom. The van der Waals surface area contributed by atoms with Crippen molar-refractivity contribution in [3.05, 3.63) is 35.6 Å². The highest BCUT2D eigenvalue weighted by Crippen LogP contribution is 2.37. The lowest BCUT2D eigenvalue weighted by Gasteiger charge is -2.44. The summed E-state index contributed by atoms with van der Waals surface area (Å²) in [5.74, 6) is -0.427. The highest BCUT2D eigenvalue weighted by atomic mass is 19.1. The minimum atomic E-state index is -0.237. The topological polar surface area (TPSA) is 55.4 Å². The maximum atomic E-state index is 13.4. The molecule has 1 aromatic rings. The average Bonchev–Trinajstić information content (AvgIpc) is 2.59. The van der Waals surface area contributed by atoms with Crippen LogP contribution in [0.2, 0.25) is 0 Å². The van der Waals surface area contributed by atoms with Crippen molar-refractivity contribution in [2.24, 2.45) is 11.8 Å². The number of carbonyl (C=O) groups is 2. The highest BCUT2D eigenvalue weighted by molar-refractivity contribution is 5.80. The summed E-state index contributed by atoms with van der Waals surface area (Å²) in [6.45, 7) is 0. The summed E-state index contributed by atoms with van der Waals surface area (Å²) in [6.07, 6.45) is 6.50. The number of ether oxygens (including phenoxy) is 1. The number of rotatable bonds is 5. The van der Waals surface area contributed by atoms with Gasteiger partial charge in [-0.3, -0.25) is 9.59 Å². The van der Waals surface area contributed by atoms with E-state index >= 15 is 0 Å². The van der Waals surface area contributed by atoms with E-state index in [-0.39, 0.29) is 35.1 Å². The third-order valence-corrected chi connectivity index (χ3v) is 5.76. The maximum Gasteiger partial charge on any atom is 0.308 e. The van der Waals surface area contributed by atoms with E-state index in [2.05, 4.69) is 5.32 Å². The molecular formula is C20H26FNO3. The molecule has 0 bridgehead atoms. The van der Waals surface area contributed by atoms with Gasteiger partial charge in [0.05, 0.1) is 13.0 Å². The fraction of sp³-hybridized carbons (Fsp3) is 0.600. The monoisotopic (exact) mass is 347 g/mol. The lowest BCUT2D eigenvalue weighted by molar-refractivity contribution is -0.147. The summed E-state index contributed by atoms with van der Waals surface area (Å²) < 4.78 is 18.2. The molecule has 4 nitrogen and oxygen atoms in total. The molecule has 3 rings (SSSR count). The summed E-state index contributed by atoms with van der Waals surface area (Å²) in [5, 5.41) is 3.25. The lowest BCUT2D eigenvalue weighted by atomic mass is 9.72. The van der Waals surface area contributed by atoms with E-state index in [1.54, 1.807) is 12.1 Å². The molecule has 25 heavy (non-hydrogen) atoms. The Kier molecular flexibility index (Phi) is 5.40. The third kappa shape index (κ3) is 4.20. The molecule has 0 radical (unpaired) electrons. The first-order valence-corrected chi connectivity index (χ1v) is 9.16. The number of halogens is 1. The van der Waals surface area contributed by atoms with Gasteiger partial charge in [0.1, 0.15) is 5.82 Å². The van der Waals surface area contributed by atoms with Crippen LogP contribution in [0.4, 0.5) is 4.39 Å². The quantitative estimate of drug-likeness (QED) is 0.831. The van der Waals surface area contributed by atoms with Crippen molar-refractivity contribution in [1.29, 1.82) is 0 Å². The molecule has 2 fully saturated rings. The van der Waals surface area contributed by atoms with E-state index in [9.17, 15) is 14.0 Å². The number of nitrogens with one attached hydrogen (secondary N) is 1. The number of carbonyl (C=O) groups excluding carboxylic acids is 2. The molecule has 2 aliphatic carbocycles. The van der Waals surface area contributed by atoms with Crippen LogP contribution < -0.4 is 5.32 Å². The van der Waals surface area contributed by atoms with Crippen molar-refractivity contribution < 1.29 is 18.7 Å². The molecule has 0 atom stereocenters. The van der Waals surface area contributed by atoms with Gasteiger partial charge in [-0.15, -0.1) is 0 Å². The summed E-state index contributed by atoms with van der Waals surface area (Å²) in [4.78, 5) is 24.3. The Morgan fingerprint density at radius 3 is 2.44 bits per heavy atom. The second kappa shape index (κ2) is 7.54. The molecule has 136 valence electrons. The predicted molar refractivity (Wildman–Crippen MR) is 92.3 cm³/mol. The molecule has 1 amide bonds. The van der Waals surface area contributed by atoms with Gasteiger partial charge in [0, 0.05) is 11.5 Å². The van der Waals surface area contributed by atoms with Gasteiger partial charge < -0.3 is 10.1 Å². The van der Waals surface area contributed by atoms with E-state index in [0.717, 1.165) is 37.7 Å². The Labute approximate surface area is 148 Å². The van der Waals surface area contributed by atoms with Crippen molar-refractivity contribution in [3.63, 3.8) is 0 Å². The molecule has 0 aromatic heterocycles. The van der Waals surface area contributed by atoms with Gasteiger partial charge in [-0.2, -0.15) is 0 Å². The minimum absolute atomic E-state index is 0.0362. The van der Waals surface area contributed by atoms with E-state index in [1.807, 2.05) is 6.07 Å². The first kappa shape index (κ1) is 17.9. The first-order valence-electron chi connectivity index (χ1n) is 9.16. The highest BCUT2D eigenvalue weighted by Gasteiger charge is 2.40. The van der Waals surface area contributed by atoms with Gasteiger partial charge in [-0.05, 0) is 69.1 Å². The van der Waals surface area contributed by atoms with Gasteiger partial charge in [0.25, 0.3) is 0 Å². The van der Waals surface area contributed by atoms with E-state index in [4.69, 9.17) is 4.74 Å². The summed E-state index contributed by atoms with van der Waals surface area (Å²) in [6, 6.07) is 6.62. The lowest BCUT2D eigenvalue weighted by Crippen LogP contribution is -2.56. The molecular weight excluding hydrogens is 321 g/mol. The van der Waals surface area contributed by atoms with Crippen molar-refractivity contribution >= 4 is 11.9 Å². The van der Waals surface area contributed by atoms with E-state index < -0.39 is 0 Å². The zero-order valence-corrected chi connectivity index (χ0v) is 14.7. The first-order chi connectivity index (χ1) is 12.0. The Morgan fingerprint density at radius 2 is 1.88 bits per heavy atom. The molecule has 2 aliphatic rings. The predicted octanol–water partition coefficient (Wildman–Crippen LogP) is 3.39. The standard InChI is InChI=1S/C20H26FNO3/c1-25-19(24)16-8-6-15(7-9-16)18(23)22-20(10-3-11-20)13-14-4-2-5-17(21)12-14/h2,4-5,12,15-16H,3,6-11,13H2,1H3,(H,22,23). The SMILES string of the molecule is COC(=O)C1CCC(C(=O)NC2(Cc3cccc(F)c3)CCC2)CC1. The van der Waals surface area contributed by atoms with E-state index in [1.165, 1.54) is 13.2 Å². The van der Waals surface area contributed by atoms with Crippen LogP contribution in [0.15, 0.2) is 24.3 Å². The summed E-state index contributed by atoms with van der Waals surface area (Å²) in [7, 11) is 1.41. The van der Waals surface area contributed by atoms with Crippen molar-refractivity contribution in [3.8, 4) is 0 Å². The second-order valence-electron chi connectivity index (χ2n) is 7.50. The Hall–Kier alpha value is -1.91. The fourth-order valence-corrected chi connectivity index (χ4v) is 4.11. The molecule has 0 aliphatic heterocycles. The molecule has 0 spiro atoms. The normalized spacial score (nSPS) is 24.9. The number of amides is 1. The number of hydrogen-bond donors (Lipinski definition) is 1. The zero-order chi connectivity index (χ0) is 17.9.